The molecule has 0 aliphatic heterocycles. The topological polar surface area (TPSA) is 64.6 Å². The Morgan fingerprint density at radius 2 is 1.03 bits per heavy atom. The summed E-state index contributed by atoms with van der Waals surface area (Å²) in [7, 11) is 0. The van der Waals surface area contributed by atoms with Crippen molar-refractivity contribution in [2.75, 3.05) is 13.2 Å². The second-order valence-corrected chi connectivity index (χ2v) is 8.39. The Bertz CT molecular complexity index is 401. The van der Waals surface area contributed by atoms with Gasteiger partial charge < -0.3 is 14.8 Å². The number of rotatable bonds is 21. The minimum Gasteiger partial charge on any atom is -0.464 e. The van der Waals surface area contributed by atoms with Gasteiger partial charge in [0.2, 0.25) is 0 Å². The average Bonchev–Trinajstić information content (AvgIpc) is 2.74. The third-order valence-electron chi connectivity index (χ3n) is 5.38. The molecular weight excluding hydrogens is 378 g/mol. The van der Waals surface area contributed by atoms with Crippen molar-refractivity contribution in [3.05, 3.63) is 0 Å². The van der Waals surface area contributed by atoms with E-state index in [1.54, 1.807) is 0 Å². The Hall–Kier alpha value is -1.26. The molecule has 0 aromatic heterocycles. The van der Waals surface area contributed by atoms with Crippen LogP contribution in [0.15, 0.2) is 0 Å². The Labute approximate surface area is 186 Å². The highest BCUT2D eigenvalue weighted by Gasteiger charge is 2.21. The van der Waals surface area contributed by atoms with Crippen LogP contribution in [0, 0.1) is 0 Å². The molecule has 5 nitrogen and oxygen atoms in total. The number of esters is 1. The molecular formula is C25H49NO4. The molecule has 0 aliphatic carbocycles. The Morgan fingerprint density at radius 1 is 0.600 bits per heavy atom. The molecule has 0 aromatic rings. The van der Waals surface area contributed by atoms with E-state index in [-0.39, 0.29) is 5.97 Å². The van der Waals surface area contributed by atoms with E-state index < -0.39 is 12.1 Å². The van der Waals surface area contributed by atoms with Gasteiger partial charge >= 0.3 is 12.1 Å². The number of amides is 1. The first kappa shape index (κ1) is 28.7. The maximum absolute atomic E-state index is 12.3. The minimum atomic E-state index is -0.606. The highest BCUT2D eigenvalue weighted by Crippen LogP contribution is 2.09. The summed E-state index contributed by atoms with van der Waals surface area (Å²) in [4.78, 5) is 24.3. The molecule has 0 aromatic carbocycles. The lowest BCUT2D eigenvalue weighted by atomic mass is 10.1. The van der Waals surface area contributed by atoms with E-state index in [9.17, 15) is 9.59 Å². The molecule has 0 bridgehead atoms. The van der Waals surface area contributed by atoms with E-state index in [2.05, 4.69) is 19.2 Å². The fourth-order valence-corrected chi connectivity index (χ4v) is 3.45. The quantitative estimate of drug-likeness (QED) is 0.154. The van der Waals surface area contributed by atoms with Gasteiger partial charge in [-0.2, -0.15) is 0 Å². The summed E-state index contributed by atoms with van der Waals surface area (Å²) < 4.78 is 10.6. The normalized spacial score (nSPS) is 11.8. The first-order chi connectivity index (χ1) is 14.7. The molecule has 0 saturated heterocycles. The van der Waals surface area contributed by atoms with Gasteiger partial charge in [0.05, 0.1) is 13.2 Å². The fourth-order valence-electron chi connectivity index (χ4n) is 3.45. The first-order valence-corrected chi connectivity index (χ1v) is 12.8. The molecule has 178 valence electrons. The van der Waals surface area contributed by atoms with Crippen LogP contribution in [-0.2, 0) is 14.3 Å². The van der Waals surface area contributed by atoms with E-state index in [0.717, 1.165) is 32.1 Å². The minimum absolute atomic E-state index is 0.341. The molecule has 0 heterocycles. The molecule has 5 heteroatoms. The van der Waals surface area contributed by atoms with Crippen LogP contribution < -0.4 is 5.32 Å². The highest BCUT2D eigenvalue weighted by atomic mass is 16.6. The van der Waals surface area contributed by atoms with Gasteiger partial charge in [0.15, 0.2) is 0 Å². The lowest BCUT2D eigenvalue weighted by molar-refractivity contribution is -0.146. The van der Waals surface area contributed by atoms with Crippen LogP contribution in [0.4, 0.5) is 4.79 Å². The van der Waals surface area contributed by atoms with Gasteiger partial charge in [-0.15, -0.1) is 0 Å². The molecule has 1 N–H and O–H groups in total. The smallest absolute Gasteiger partial charge is 0.407 e. The summed E-state index contributed by atoms with van der Waals surface area (Å²) in [5.74, 6) is -0.341. The van der Waals surface area contributed by atoms with Crippen LogP contribution in [-0.4, -0.2) is 31.3 Å². The second-order valence-electron chi connectivity index (χ2n) is 8.39. The van der Waals surface area contributed by atoms with Crippen molar-refractivity contribution < 1.29 is 19.1 Å². The van der Waals surface area contributed by atoms with Gasteiger partial charge in [0.1, 0.15) is 6.04 Å². The maximum Gasteiger partial charge on any atom is 0.407 e. The number of hydrogen-bond donors (Lipinski definition) is 1. The van der Waals surface area contributed by atoms with Crippen molar-refractivity contribution in [2.45, 2.75) is 136 Å². The first-order valence-electron chi connectivity index (χ1n) is 12.8. The molecule has 0 fully saturated rings. The third kappa shape index (κ3) is 18.7. The zero-order valence-electron chi connectivity index (χ0n) is 20.1. The summed E-state index contributed by atoms with van der Waals surface area (Å²) in [6.07, 6.45) is 18.8. The van der Waals surface area contributed by atoms with E-state index in [4.69, 9.17) is 9.47 Å². The summed E-state index contributed by atoms with van der Waals surface area (Å²) >= 11 is 0. The molecule has 0 saturated carbocycles. The van der Waals surface area contributed by atoms with Gasteiger partial charge in [-0.25, -0.2) is 9.59 Å². The third-order valence-corrected chi connectivity index (χ3v) is 5.38. The zero-order chi connectivity index (χ0) is 22.3. The Morgan fingerprint density at radius 3 is 1.50 bits per heavy atom. The van der Waals surface area contributed by atoms with Gasteiger partial charge in [-0.3, -0.25) is 0 Å². The zero-order valence-corrected chi connectivity index (χ0v) is 20.1. The lowest BCUT2D eigenvalue weighted by Gasteiger charge is -2.17. The van der Waals surface area contributed by atoms with E-state index in [1.165, 1.54) is 70.6 Å². The van der Waals surface area contributed by atoms with E-state index in [0.29, 0.717) is 19.6 Å². The number of hydrogen-bond acceptors (Lipinski definition) is 4. The monoisotopic (exact) mass is 427 g/mol. The largest absolute Gasteiger partial charge is 0.464 e. The molecule has 0 unspecified atom stereocenters. The van der Waals surface area contributed by atoms with Crippen LogP contribution in [0.2, 0.25) is 0 Å². The van der Waals surface area contributed by atoms with Crippen molar-refractivity contribution >= 4 is 12.1 Å². The number of nitrogens with one attached hydrogen (secondary N) is 1. The van der Waals surface area contributed by atoms with Gasteiger partial charge in [0.25, 0.3) is 0 Å². The van der Waals surface area contributed by atoms with Gasteiger partial charge in [0, 0.05) is 0 Å². The number of alkyl carbamates (subject to hydrolysis) is 1. The lowest BCUT2D eigenvalue weighted by Crippen LogP contribution is -2.42. The fraction of sp³-hybridized carbons (Fsp3) is 0.920. The molecule has 0 rings (SSSR count). The molecule has 1 amide bonds. The molecule has 0 aliphatic rings. The predicted molar refractivity (Wildman–Crippen MR) is 125 cm³/mol. The summed E-state index contributed by atoms with van der Waals surface area (Å²) in [6, 6.07) is -0.606. The average molecular weight is 428 g/mol. The molecule has 30 heavy (non-hydrogen) atoms. The van der Waals surface area contributed by atoms with Crippen LogP contribution in [0.5, 0.6) is 0 Å². The van der Waals surface area contributed by atoms with Gasteiger partial charge in [-0.05, 0) is 19.3 Å². The van der Waals surface area contributed by atoms with E-state index in [1.807, 2.05) is 6.92 Å². The number of carbonyl (C=O) groups is 2. The predicted octanol–water partition coefficient (Wildman–Crippen LogP) is 7.32. The SMILES string of the molecule is CCCCCCCCCCOC(=O)N[C@@H](CCC)C(=O)OCCCCCCCCC. The van der Waals surface area contributed by atoms with Crippen LogP contribution in [0.1, 0.15) is 130 Å². The van der Waals surface area contributed by atoms with Crippen molar-refractivity contribution in [3.63, 3.8) is 0 Å². The number of ether oxygens (including phenoxy) is 2. The number of carbonyl (C=O) groups excluding carboxylic acids is 2. The molecule has 0 radical (unpaired) electrons. The summed E-state index contributed by atoms with van der Waals surface area (Å²) in [6.45, 7) is 7.27. The Balaban J connectivity index is 3.81. The molecule has 1 atom stereocenters. The van der Waals surface area contributed by atoms with E-state index >= 15 is 0 Å². The van der Waals surface area contributed by atoms with Crippen LogP contribution in [0.25, 0.3) is 0 Å². The molecule has 0 spiro atoms. The van der Waals surface area contributed by atoms with Crippen molar-refractivity contribution in [1.82, 2.24) is 5.32 Å². The number of unbranched alkanes of at least 4 members (excludes halogenated alkanes) is 13. The standard InChI is InChI=1S/C25H49NO4/c1-4-7-9-11-13-15-17-19-22-30-25(28)26-23(20-6-3)24(27)29-21-18-16-14-12-10-8-5-2/h23H,4-22H2,1-3H3,(H,26,28)/t23-/m0/s1. The van der Waals surface area contributed by atoms with Crippen molar-refractivity contribution in [2.24, 2.45) is 0 Å². The second kappa shape index (κ2) is 22.4. The summed E-state index contributed by atoms with van der Waals surface area (Å²) in [5, 5.41) is 2.68. The maximum atomic E-state index is 12.3. The summed E-state index contributed by atoms with van der Waals surface area (Å²) in [5.41, 5.74) is 0. The highest BCUT2D eigenvalue weighted by molar-refractivity contribution is 5.81. The Kier molecular flexibility index (Phi) is 21.5. The van der Waals surface area contributed by atoms with Crippen molar-refractivity contribution in [1.29, 1.82) is 0 Å². The van der Waals surface area contributed by atoms with Gasteiger partial charge in [-0.1, -0.05) is 111 Å². The van der Waals surface area contributed by atoms with Crippen molar-refractivity contribution in [3.8, 4) is 0 Å². The van der Waals surface area contributed by atoms with Crippen LogP contribution >= 0.6 is 0 Å². The van der Waals surface area contributed by atoms with Crippen LogP contribution in [0.3, 0.4) is 0 Å².